The molecule has 0 aromatic carbocycles. The van der Waals surface area contributed by atoms with Gasteiger partial charge in [0.2, 0.25) is 0 Å². The Bertz CT molecular complexity index is 212. The van der Waals surface area contributed by atoms with Crippen LogP contribution >= 0.6 is 0 Å². The minimum atomic E-state index is -1.67. The summed E-state index contributed by atoms with van der Waals surface area (Å²) in [5.41, 5.74) is -0.444. The van der Waals surface area contributed by atoms with Crippen LogP contribution in [0.3, 0.4) is 0 Å². The van der Waals surface area contributed by atoms with Gasteiger partial charge in [-0.2, -0.15) is 0 Å². The molecule has 74 valence electrons. The van der Waals surface area contributed by atoms with E-state index in [9.17, 15) is 13.2 Å². The molecule has 0 aliphatic heterocycles. The van der Waals surface area contributed by atoms with Crippen molar-refractivity contribution in [1.82, 2.24) is 0 Å². The maximum absolute atomic E-state index is 13.0. The highest BCUT2D eigenvalue weighted by molar-refractivity contribution is 5.18. The van der Waals surface area contributed by atoms with E-state index in [1.807, 2.05) is 0 Å². The minimum Gasteiger partial charge on any atom is -0.246 e. The number of alkyl halides is 2. The van der Waals surface area contributed by atoms with Gasteiger partial charge in [-0.05, 0) is 19.4 Å². The van der Waals surface area contributed by atoms with Crippen molar-refractivity contribution in [3.05, 3.63) is 36.2 Å². The molecule has 0 bridgehead atoms. The van der Waals surface area contributed by atoms with E-state index in [1.54, 1.807) is 6.08 Å². The lowest BCUT2D eigenvalue weighted by molar-refractivity contribution is 0.395. The van der Waals surface area contributed by atoms with E-state index >= 15 is 0 Å². The fourth-order valence-corrected chi connectivity index (χ4v) is 0.766. The summed E-state index contributed by atoms with van der Waals surface area (Å²) >= 11 is 0. The lowest BCUT2D eigenvalue weighted by Gasteiger charge is -2.04. The summed E-state index contributed by atoms with van der Waals surface area (Å²) in [6, 6.07) is 0. The molecular formula is C10H13F3. The van der Waals surface area contributed by atoms with Crippen molar-refractivity contribution < 1.29 is 13.2 Å². The third kappa shape index (κ3) is 4.55. The van der Waals surface area contributed by atoms with Crippen LogP contribution in [-0.4, -0.2) is 12.8 Å². The van der Waals surface area contributed by atoms with Crippen LogP contribution in [-0.2, 0) is 0 Å². The highest BCUT2D eigenvalue weighted by Crippen LogP contribution is 2.15. The number of hydrogen-bond donors (Lipinski definition) is 0. The quantitative estimate of drug-likeness (QED) is 0.580. The summed E-state index contributed by atoms with van der Waals surface area (Å²) in [6.07, 6.45) is 3.00. The third-order valence-corrected chi connectivity index (χ3v) is 1.53. The average molecular weight is 190 g/mol. The largest absolute Gasteiger partial charge is 0.246 e. The zero-order valence-electron chi connectivity index (χ0n) is 7.56. The first-order valence-corrected chi connectivity index (χ1v) is 3.96. The fraction of sp³-hybridized carbons (Fsp3) is 0.400. The maximum atomic E-state index is 13.0. The van der Waals surface area contributed by atoms with Gasteiger partial charge in [0.05, 0.1) is 0 Å². The van der Waals surface area contributed by atoms with E-state index in [0.717, 1.165) is 13.0 Å². The zero-order valence-corrected chi connectivity index (χ0v) is 7.56. The van der Waals surface area contributed by atoms with Gasteiger partial charge in [-0.3, -0.25) is 0 Å². The Morgan fingerprint density at radius 3 is 2.54 bits per heavy atom. The van der Waals surface area contributed by atoms with Gasteiger partial charge in [-0.1, -0.05) is 12.2 Å². The van der Waals surface area contributed by atoms with E-state index in [2.05, 4.69) is 6.58 Å². The van der Waals surface area contributed by atoms with Crippen molar-refractivity contribution in [2.75, 3.05) is 6.67 Å². The summed E-state index contributed by atoms with van der Waals surface area (Å²) in [4.78, 5) is 0. The third-order valence-electron chi connectivity index (χ3n) is 1.53. The summed E-state index contributed by atoms with van der Waals surface area (Å²) in [7, 11) is 0. The van der Waals surface area contributed by atoms with Crippen molar-refractivity contribution in [2.24, 2.45) is 0 Å². The second kappa shape index (κ2) is 6.52. The molecule has 0 radical (unpaired) electrons. The molecule has 1 atom stereocenters. The van der Waals surface area contributed by atoms with Gasteiger partial charge < -0.3 is 0 Å². The smallest absolute Gasteiger partial charge is 0.145 e. The van der Waals surface area contributed by atoms with Crippen molar-refractivity contribution in [3.63, 3.8) is 0 Å². The van der Waals surface area contributed by atoms with Crippen LogP contribution in [0.1, 0.15) is 13.3 Å². The van der Waals surface area contributed by atoms with E-state index < -0.39 is 24.2 Å². The molecule has 0 aromatic heterocycles. The van der Waals surface area contributed by atoms with Gasteiger partial charge in [0.15, 0.2) is 0 Å². The van der Waals surface area contributed by atoms with Crippen LogP contribution in [0, 0.1) is 0 Å². The summed E-state index contributed by atoms with van der Waals surface area (Å²) in [6.45, 7) is 3.37. The maximum Gasteiger partial charge on any atom is 0.145 e. The fourth-order valence-electron chi connectivity index (χ4n) is 0.766. The number of allylic oxidation sites excluding steroid dienone is 5. The monoisotopic (exact) mass is 190 g/mol. The predicted octanol–water partition coefficient (Wildman–Crippen LogP) is 3.67. The molecule has 13 heavy (non-hydrogen) atoms. The van der Waals surface area contributed by atoms with E-state index in [1.165, 1.54) is 6.08 Å². The molecule has 0 saturated heterocycles. The second-order valence-electron chi connectivity index (χ2n) is 2.55. The first kappa shape index (κ1) is 12.0. The Labute approximate surface area is 76.5 Å². The predicted molar refractivity (Wildman–Crippen MR) is 48.6 cm³/mol. The molecule has 0 aliphatic carbocycles. The average Bonchev–Trinajstić information content (AvgIpc) is 2.05. The minimum absolute atomic E-state index is 0.444. The Morgan fingerprint density at radius 1 is 1.54 bits per heavy atom. The van der Waals surface area contributed by atoms with E-state index in [-0.39, 0.29) is 0 Å². The van der Waals surface area contributed by atoms with Crippen molar-refractivity contribution >= 4 is 0 Å². The normalized spacial score (nSPS) is 15.7. The van der Waals surface area contributed by atoms with Gasteiger partial charge in [0.1, 0.15) is 18.7 Å². The van der Waals surface area contributed by atoms with Gasteiger partial charge in [-0.25, -0.2) is 13.2 Å². The van der Waals surface area contributed by atoms with Crippen LogP contribution in [0.15, 0.2) is 36.2 Å². The lowest BCUT2D eigenvalue weighted by Crippen LogP contribution is -2.04. The molecule has 1 unspecified atom stereocenters. The van der Waals surface area contributed by atoms with Crippen LogP contribution in [0.4, 0.5) is 13.2 Å². The molecule has 0 rings (SSSR count). The summed E-state index contributed by atoms with van der Waals surface area (Å²) in [5, 5.41) is 0. The molecule has 0 aromatic rings. The van der Waals surface area contributed by atoms with Gasteiger partial charge in [0.25, 0.3) is 0 Å². The molecule has 0 spiro atoms. The first-order valence-electron chi connectivity index (χ1n) is 3.96. The van der Waals surface area contributed by atoms with Crippen LogP contribution in [0.5, 0.6) is 0 Å². The van der Waals surface area contributed by atoms with Crippen LogP contribution in [0.25, 0.3) is 0 Å². The van der Waals surface area contributed by atoms with Gasteiger partial charge in [-0.15, -0.1) is 6.58 Å². The van der Waals surface area contributed by atoms with Crippen LogP contribution < -0.4 is 0 Å². The topological polar surface area (TPSA) is 0 Å². The zero-order chi connectivity index (χ0) is 10.3. The molecule has 0 heterocycles. The van der Waals surface area contributed by atoms with Gasteiger partial charge >= 0.3 is 0 Å². The van der Waals surface area contributed by atoms with Gasteiger partial charge in [0, 0.05) is 5.57 Å². The molecule has 0 N–H and O–H groups in total. The molecule has 0 aliphatic rings. The molecular weight excluding hydrogens is 177 g/mol. The molecule has 0 fully saturated rings. The second-order valence-corrected chi connectivity index (χ2v) is 2.55. The van der Waals surface area contributed by atoms with Crippen molar-refractivity contribution in [2.45, 2.75) is 19.5 Å². The SMILES string of the molecule is C=CC/C=C\C(F)/C(CF)=C(\C)F. The number of halogens is 3. The first-order chi connectivity index (χ1) is 6.13. The van der Waals surface area contributed by atoms with Crippen molar-refractivity contribution in [1.29, 1.82) is 0 Å². The Morgan fingerprint density at radius 2 is 2.15 bits per heavy atom. The van der Waals surface area contributed by atoms with E-state index in [4.69, 9.17) is 0 Å². The Balaban J connectivity index is 4.31. The number of hydrogen-bond acceptors (Lipinski definition) is 0. The highest BCUT2D eigenvalue weighted by atomic mass is 19.2. The standard InChI is InChI=1S/C10H13F3/c1-3-4-5-6-10(13)9(7-11)8(2)12/h3,5-6,10H,1,4,7H2,2H3/b6-5-,9-8+. The molecule has 3 heteroatoms. The Kier molecular flexibility index (Phi) is 6.02. The van der Waals surface area contributed by atoms with Crippen LogP contribution in [0.2, 0.25) is 0 Å². The molecule has 0 amide bonds. The summed E-state index contributed by atoms with van der Waals surface area (Å²) in [5.74, 6) is -0.793. The molecule has 0 saturated carbocycles. The lowest BCUT2D eigenvalue weighted by atomic mass is 10.1. The van der Waals surface area contributed by atoms with Crippen molar-refractivity contribution in [3.8, 4) is 0 Å². The Hall–Kier alpha value is -0.990. The molecule has 0 nitrogen and oxygen atoms in total. The van der Waals surface area contributed by atoms with E-state index in [0.29, 0.717) is 6.42 Å². The number of rotatable bonds is 5. The highest BCUT2D eigenvalue weighted by Gasteiger charge is 2.12. The summed E-state index contributed by atoms with van der Waals surface area (Å²) < 4.78 is 37.5.